The Bertz CT molecular complexity index is 914. The van der Waals surface area contributed by atoms with Gasteiger partial charge in [-0.25, -0.2) is 13.2 Å². The van der Waals surface area contributed by atoms with E-state index in [1.807, 2.05) is 0 Å². The first-order valence-corrected chi connectivity index (χ1v) is 10.2. The third-order valence-electron chi connectivity index (χ3n) is 4.60. The molecule has 0 aliphatic heterocycles. The highest BCUT2D eigenvalue weighted by Gasteiger charge is 2.41. The third-order valence-corrected chi connectivity index (χ3v) is 6.35. The molecule has 1 N–H and O–H groups in total. The number of halogens is 3. The van der Waals surface area contributed by atoms with Crippen molar-refractivity contribution in [2.24, 2.45) is 0 Å². The predicted molar refractivity (Wildman–Crippen MR) is 97.5 cm³/mol. The summed E-state index contributed by atoms with van der Waals surface area (Å²) in [6, 6.07) is 5.45. The first-order valence-electron chi connectivity index (χ1n) is 8.53. The molecule has 0 fully saturated rings. The lowest BCUT2D eigenvalue weighted by atomic mass is 9.81. The number of ether oxygens (including phenoxy) is 1. The Morgan fingerprint density at radius 1 is 1.29 bits per heavy atom. The molecule has 1 aromatic carbocycles. The number of hydrogen-bond donors (Lipinski definition) is 1. The molecule has 2 rings (SSSR count). The second kappa shape index (κ2) is 7.71. The van der Waals surface area contributed by atoms with Crippen LogP contribution in [-0.4, -0.2) is 43.1 Å². The van der Waals surface area contributed by atoms with Crippen LogP contribution >= 0.6 is 0 Å². The topological polar surface area (TPSA) is 80.7 Å². The highest BCUT2D eigenvalue weighted by atomic mass is 32.2. The molecule has 0 heterocycles. The summed E-state index contributed by atoms with van der Waals surface area (Å²) in [5.41, 5.74) is -1.73. The number of allylic oxidation sites excluding steroid dienone is 2. The van der Waals surface area contributed by atoms with Crippen LogP contribution < -0.4 is 0 Å². The zero-order chi connectivity index (χ0) is 21.3. The van der Waals surface area contributed by atoms with Gasteiger partial charge in [0.15, 0.2) is 15.9 Å². The Kier molecular flexibility index (Phi) is 6.10. The molecule has 2 atom stereocenters. The fourth-order valence-corrected chi connectivity index (χ4v) is 3.81. The summed E-state index contributed by atoms with van der Waals surface area (Å²) in [6.07, 6.45) is -4.11. The van der Waals surface area contributed by atoms with Gasteiger partial charge in [0.25, 0.3) is 0 Å². The van der Waals surface area contributed by atoms with Gasteiger partial charge >= 0.3 is 12.1 Å². The van der Waals surface area contributed by atoms with Gasteiger partial charge in [0.05, 0.1) is 21.8 Å². The minimum absolute atomic E-state index is 0.0586. The fraction of sp³-hybridized carbons (Fsp3) is 0.421. The van der Waals surface area contributed by atoms with Crippen molar-refractivity contribution >= 4 is 21.4 Å². The van der Waals surface area contributed by atoms with Crippen molar-refractivity contribution in [1.29, 1.82) is 0 Å². The largest absolute Gasteiger partial charge is 0.479 e. The second-order valence-corrected chi connectivity index (χ2v) is 8.95. The summed E-state index contributed by atoms with van der Waals surface area (Å²) < 4.78 is 69.1. The van der Waals surface area contributed by atoms with E-state index in [1.165, 1.54) is 45.0 Å². The number of aliphatic carboxylic acids is 1. The van der Waals surface area contributed by atoms with Crippen molar-refractivity contribution in [3.05, 3.63) is 47.6 Å². The van der Waals surface area contributed by atoms with E-state index in [-0.39, 0.29) is 22.6 Å². The monoisotopic (exact) mass is 418 g/mol. The van der Waals surface area contributed by atoms with Crippen molar-refractivity contribution in [3.8, 4) is 0 Å². The highest BCUT2D eigenvalue weighted by Crippen LogP contribution is 2.43. The van der Waals surface area contributed by atoms with E-state index in [1.54, 1.807) is 0 Å². The van der Waals surface area contributed by atoms with E-state index in [2.05, 4.69) is 0 Å². The van der Waals surface area contributed by atoms with Crippen LogP contribution in [0.15, 0.2) is 46.9 Å². The standard InChI is InChI=1S/C19H21F3O5S/c1-4-28(25,26)15-7-5-13(6-8-15)16-11-14(19(20,21)22)9-10-18(16,3)27-12(2)17(23)24/h5-9,11-12H,4,10H2,1-3H3,(H,23,24)/t12-,18?/m0/s1. The number of sulfone groups is 1. The van der Waals surface area contributed by atoms with Crippen molar-refractivity contribution in [1.82, 2.24) is 0 Å². The minimum atomic E-state index is -4.57. The summed E-state index contributed by atoms with van der Waals surface area (Å²) in [4.78, 5) is 11.2. The number of carboxylic acids is 1. The predicted octanol–water partition coefficient (Wildman–Crippen LogP) is 4.00. The lowest BCUT2D eigenvalue weighted by Crippen LogP contribution is -2.38. The van der Waals surface area contributed by atoms with E-state index in [4.69, 9.17) is 9.84 Å². The summed E-state index contributed by atoms with van der Waals surface area (Å²) in [7, 11) is -3.46. The molecular formula is C19H21F3O5S. The fourth-order valence-electron chi connectivity index (χ4n) is 2.93. The Labute approximate surface area is 161 Å². The van der Waals surface area contributed by atoms with Gasteiger partial charge in [-0.15, -0.1) is 0 Å². The van der Waals surface area contributed by atoms with E-state index in [0.717, 1.165) is 12.2 Å². The lowest BCUT2D eigenvalue weighted by molar-refractivity contribution is -0.156. The van der Waals surface area contributed by atoms with Crippen LogP contribution in [0.25, 0.3) is 5.57 Å². The van der Waals surface area contributed by atoms with Gasteiger partial charge in [-0.2, -0.15) is 13.2 Å². The Morgan fingerprint density at radius 2 is 1.86 bits per heavy atom. The molecular weight excluding hydrogens is 397 g/mol. The number of rotatable bonds is 6. The van der Waals surface area contributed by atoms with Gasteiger partial charge < -0.3 is 9.84 Å². The number of benzene rings is 1. The van der Waals surface area contributed by atoms with Gasteiger partial charge in [-0.1, -0.05) is 25.1 Å². The highest BCUT2D eigenvalue weighted by molar-refractivity contribution is 7.91. The maximum absolute atomic E-state index is 13.2. The molecule has 1 unspecified atom stereocenters. The Balaban J connectivity index is 2.53. The molecule has 154 valence electrons. The maximum Gasteiger partial charge on any atom is 0.416 e. The molecule has 28 heavy (non-hydrogen) atoms. The molecule has 1 aliphatic rings. The van der Waals surface area contributed by atoms with Crippen LogP contribution in [0.2, 0.25) is 0 Å². The smallest absolute Gasteiger partial charge is 0.416 e. The molecule has 5 nitrogen and oxygen atoms in total. The Morgan fingerprint density at radius 3 is 2.32 bits per heavy atom. The maximum atomic E-state index is 13.2. The van der Waals surface area contributed by atoms with Crippen LogP contribution in [0.5, 0.6) is 0 Å². The van der Waals surface area contributed by atoms with E-state index in [9.17, 15) is 26.4 Å². The molecule has 1 aromatic rings. The number of carboxylic acid groups (broad SMARTS) is 1. The average Bonchev–Trinajstić information content (AvgIpc) is 2.60. The first-order chi connectivity index (χ1) is 12.8. The quantitative estimate of drug-likeness (QED) is 0.755. The normalized spacial score (nSPS) is 21.6. The van der Waals surface area contributed by atoms with Gasteiger partial charge in [0.2, 0.25) is 0 Å². The zero-order valence-electron chi connectivity index (χ0n) is 15.6. The lowest BCUT2D eigenvalue weighted by Gasteiger charge is -2.36. The molecule has 0 bridgehead atoms. The van der Waals surface area contributed by atoms with Crippen LogP contribution in [-0.2, 0) is 19.4 Å². The number of hydrogen-bond acceptors (Lipinski definition) is 4. The Hall–Kier alpha value is -2.13. The van der Waals surface area contributed by atoms with Crippen LogP contribution in [0.3, 0.4) is 0 Å². The molecule has 1 aliphatic carbocycles. The van der Waals surface area contributed by atoms with Gasteiger partial charge in [-0.05, 0) is 49.6 Å². The van der Waals surface area contributed by atoms with Crippen LogP contribution in [0.1, 0.15) is 32.8 Å². The minimum Gasteiger partial charge on any atom is -0.479 e. The first kappa shape index (κ1) is 22.2. The summed E-state index contributed by atoms with van der Waals surface area (Å²) in [5.74, 6) is -1.34. The SMILES string of the molecule is CCS(=O)(=O)c1ccc(C2=CC(C(F)(F)F)=CCC2(C)O[C@@H](C)C(=O)O)cc1. The average molecular weight is 418 g/mol. The van der Waals surface area contributed by atoms with E-state index in [0.29, 0.717) is 5.56 Å². The third kappa shape index (κ3) is 4.64. The van der Waals surface area contributed by atoms with Crippen LogP contribution in [0, 0.1) is 0 Å². The molecule has 0 spiro atoms. The number of alkyl halides is 3. The molecule has 0 saturated heterocycles. The molecule has 9 heteroatoms. The zero-order valence-corrected chi connectivity index (χ0v) is 16.4. The molecule has 0 saturated carbocycles. The van der Waals surface area contributed by atoms with E-state index >= 15 is 0 Å². The van der Waals surface area contributed by atoms with Crippen molar-refractivity contribution in [2.45, 2.75) is 50.0 Å². The van der Waals surface area contributed by atoms with Crippen molar-refractivity contribution in [3.63, 3.8) is 0 Å². The number of carbonyl (C=O) groups is 1. The van der Waals surface area contributed by atoms with Crippen LogP contribution in [0.4, 0.5) is 13.2 Å². The summed E-state index contributed by atoms with van der Waals surface area (Å²) in [5, 5.41) is 9.11. The van der Waals surface area contributed by atoms with Crippen molar-refractivity contribution < 1.29 is 36.2 Å². The second-order valence-electron chi connectivity index (χ2n) is 6.68. The molecule has 0 aromatic heterocycles. The molecule has 0 radical (unpaired) electrons. The summed E-state index contributed by atoms with van der Waals surface area (Å²) in [6.45, 7) is 4.30. The summed E-state index contributed by atoms with van der Waals surface area (Å²) >= 11 is 0. The van der Waals surface area contributed by atoms with Gasteiger partial charge in [0, 0.05) is 0 Å². The molecule has 0 amide bonds. The van der Waals surface area contributed by atoms with Gasteiger partial charge in [-0.3, -0.25) is 0 Å². The van der Waals surface area contributed by atoms with Gasteiger partial charge in [0.1, 0.15) is 0 Å². The van der Waals surface area contributed by atoms with E-state index < -0.39 is 39.3 Å². The van der Waals surface area contributed by atoms with Crippen molar-refractivity contribution in [2.75, 3.05) is 5.75 Å².